The predicted octanol–water partition coefficient (Wildman–Crippen LogP) is 13.1. The number of esters is 2. The number of hydrogen-bond acceptors (Lipinski definition) is 8. The quantitative estimate of drug-likeness (QED) is 0.0196. The Labute approximate surface area is 352 Å². The van der Waals surface area contributed by atoms with E-state index in [0.717, 1.165) is 44.9 Å². The lowest BCUT2D eigenvalue weighted by Crippen LogP contribution is -2.37. The number of carbonyl (C=O) groups excluding carboxylic acids is 2. The third-order valence-electron chi connectivity index (χ3n) is 10.5. The molecule has 0 fully saturated rings. The van der Waals surface area contributed by atoms with E-state index in [-0.39, 0.29) is 32.0 Å². The molecule has 0 rings (SSSR count). The van der Waals surface area contributed by atoms with Crippen molar-refractivity contribution in [3.05, 3.63) is 12.2 Å². The third-order valence-corrected chi connectivity index (χ3v) is 11.5. The fourth-order valence-corrected chi connectivity index (χ4v) is 7.50. The molecule has 57 heavy (non-hydrogen) atoms. The number of allylic oxidation sites excluding steroid dienone is 2. The number of unbranched alkanes of at least 4 members (excludes halogenated alkanes) is 28. The van der Waals surface area contributed by atoms with Crippen molar-refractivity contribution in [3.8, 4) is 0 Å². The molecule has 1 unspecified atom stereocenters. The zero-order chi connectivity index (χ0) is 42.1. The summed E-state index contributed by atoms with van der Waals surface area (Å²) in [5.74, 6) is -0.827. The summed E-state index contributed by atoms with van der Waals surface area (Å²) >= 11 is 0. The van der Waals surface area contributed by atoms with Crippen LogP contribution in [0.1, 0.15) is 226 Å². The van der Waals surface area contributed by atoms with Gasteiger partial charge in [0.1, 0.15) is 19.8 Å². The molecule has 0 aliphatic rings. The van der Waals surface area contributed by atoms with E-state index in [1.165, 1.54) is 148 Å². The van der Waals surface area contributed by atoms with Crippen LogP contribution < -0.4 is 4.89 Å². The van der Waals surface area contributed by atoms with Crippen molar-refractivity contribution in [2.75, 3.05) is 47.5 Å². The molecule has 0 aliphatic heterocycles. The Morgan fingerprint density at radius 2 is 0.895 bits per heavy atom. The Morgan fingerprint density at radius 1 is 0.526 bits per heavy atom. The molecule has 0 saturated carbocycles. The maximum atomic E-state index is 12.7. The van der Waals surface area contributed by atoms with Crippen LogP contribution in [-0.2, 0) is 32.7 Å². The highest BCUT2D eigenvalue weighted by Crippen LogP contribution is 2.38. The van der Waals surface area contributed by atoms with Crippen molar-refractivity contribution >= 4 is 19.8 Å². The number of phosphoric ester groups is 1. The Balaban J connectivity index is 4.28. The largest absolute Gasteiger partial charge is 0.756 e. The Kier molecular flexibility index (Phi) is 39.3. The molecule has 0 aromatic carbocycles. The van der Waals surface area contributed by atoms with Crippen LogP contribution in [0, 0.1) is 0 Å². The average Bonchev–Trinajstić information content (AvgIpc) is 3.16. The van der Waals surface area contributed by atoms with Crippen LogP contribution in [0.25, 0.3) is 0 Å². The predicted molar refractivity (Wildman–Crippen MR) is 236 cm³/mol. The number of rotatable bonds is 44. The van der Waals surface area contributed by atoms with Crippen molar-refractivity contribution in [3.63, 3.8) is 0 Å². The van der Waals surface area contributed by atoms with Gasteiger partial charge in [-0.25, -0.2) is 0 Å². The van der Waals surface area contributed by atoms with E-state index in [9.17, 15) is 19.0 Å². The van der Waals surface area contributed by atoms with Gasteiger partial charge in [-0.2, -0.15) is 0 Å². The van der Waals surface area contributed by atoms with Gasteiger partial charge in [-0.3, -0.25) is 14.2 Å². The molecule has 10 heteroatoms. The van der Waals surface area contributed by atoms with E-state index in [1.807, 2.05) is 21.1 Å². The first kappa shape index (κ1) is 55.8. The normalized spacial score (nSPS) is 13.6. The lowest BCUT2D eigenvalue weighted by Gasteiger charge is -2.28. The van der Waals surface area contributed by atoms with E-state index in [2.05, 4.69) is 26.0 Å². The third kappa shape index (κ3) is 44.1. The minimum atomic E-state index is -4.62. The number of nitrogens with zero attached hydrogens (tertiary/aromatic N) is 1. The van der Waals surface area contributed by atoms with Gasteiger partial charge in [-0.1, -0.05) is 187 Å². The molecule has 0 saturated heterocycles. The molecule has 9 nitrogen and oxygen atoms in total. The monoisotopic (exact) mass is 830 g/mol. The van der Waals surface area contributed by atoms with E-state index in [0.29, 0.717) is 17.4 Å². The number of phosphoric acid groups is 1. The van der Waals surface area contributed by atoms with Crippen molar-refractivity contribution in [1.29, 1.82) is 0 Å². The molecule has 0 bridgehead atoms. The zero-order valence-electron chi connectivity index (χ0n) is 38.1. The second-order valence-electron chi connectivity index (χ2n) is 17.5. The van der Waals surface area contributed by atoms with Gasteiger partial charge in [0.2, 0.25) is 0 Å². The van der Waals surface area contributed by atoms with Gasteiger partial charge in [0.15, 0.2) is 6.10 Å². The summed E-state index contributed by atoms with van der Waals surface area (Å²) in [5, 5.41) is 0. The number of hydrogen-bond donors (Lipinski definition) is 0. The average molecular weight is 830 g/mol. The van der Waals surface area contributed by atoms with Crippen molar-refractivity contribution in [2.24, 2.45) is 0 Å². The van der Waals surface area contributed by atoms with Crippen LogP contribution in [0.2, 0.25) is 0 Å². The molecule has 0 N–H and O–H groups in total. The smallest absolute Gasteiger partial charge is 0.306 e. The number of ether oxygens (including phenoxy) is 2. The summed E-state index contributed by atoms with van der Waals surface area (Å²) < 4.78 is 34.0. The van der Waals surface area contributed by atoms with Gasteiger partial charge in [-0.15, -0.1) is 0 Å². The molecule has 0 aromatic rings. The van der Waals surface area contributed by atoms with Crippen LogP contribution in [0.5, 0.6) is 0 Å². The Hall–Kier alpha value is -1.25. The Morgan fingerprint density at radius 3 is 1.30 bits per heavy atom. The van der Waals surface area contributed by atoms with Gasteiger partial charge >= 0.3 is 11.9 Å². The molecule has 0 spiro atoms. The van der Waals surface area contributed by atoms with Gasteiger partial charge in [0.05, 0.1) is 27.7 Å². The first-order chi connectivity index (χ1) is 27.5. The minimum absolute atomic E-state index is 0.0284. The van der Waals surface area contributed by atoms with Gasteiger partial charge < -0.3 is 27.9 Å². The minimum Gasteiger partial charge on any atom is -0.756 e. The summed E-state index contributed by atoms with van der Waals surface area (Å²) in [6.07, 6.45) is 42.3. The fraction of sp³-hybridized carbons (Fsp3) is 0.915. The van der Waals surface area contributed by atoms with Gasteiger partial charge in [-0.05, 0) is 38.5 Å². The standard InChI is InChI=1S/C47H92NO8P/c1-6-8-10-12-14-16-18-20-22-24-26-28-30-32-34-36-38-40-47(50)56-45(44-55-57(51,52)54-42-41-48(3,4)5)43-53-46(49)39-37-35-33-31-29-27-25-23-21-19-17-15-13-11-9-7-2/h20,22,45H,6-19,21,23-44H2,1-5H3/b22-20-/t45-/m1/s1. The zero-order valence-corrected chi connectivity index (χ0v) is 38.9. The molecular weight excluding hydrogens is 737 g/mol. The lowest BCUT2D eigenvalue weighted by molar-refractivity contribution is -0.870. The first-order valence-electron chi connectivity index (χ1n) is 23.9. The molecule has 0 heterocycles. The maximum absolute atomic E-state index is 12.7. The molecule has 0 amide bonds. The van der Waals surface area contributed by atoms with Crippen molar-refractivity contribution in [1.82, 2.24) is 0 Å². The maximum Gasteiger partial charge on any atom is 0.306 e. The van der Waals surface area contributed by atoms with E-state index >= 15 is 0 Å². The van der Waals surface area contributed by atoms with Crippen LogP contribution >= 0.6 is 7.82 Å². The highest BCUT2D eigenvalue weighted by Gasteiger charge is 2.21. The van der Waals surface area contributed by atoms with Crippen LogP contribution in [0.3, 0.4) is 0 Å². The second kappa shape index (κ2) is 40.2. The van der Waals surface area contributed by atoms with E-state index in [1.54, 1.807) is 0 Å². The highest BCUT2D eigenvalue weighted by molar-refractivity contribution is 7.45. The lowest BCUT2D eigenvalue weighted by atomic mass is 10.0. The first-order valence-corrected chi connectivity index (χ1v) is 25.4. The molecular formula is C47H92NO8P. The summed E-state index contributed by atoms with van der Waals surface area (Å²) in [7, 11) is 1.17. The topological polar surface area (TPSA) is 111 Å². The summed E-state index contributed by atoms with van der Waals surface area (Å²) in [6, 6.07) is 0. The SMILES string of the molecule is CCCCCCCC/C=C\CCCCCCCCCC(=O)O[C@H](COC(=O)CCCCCCCCCCCCCCCCCC)COP(=O)([O-])OCC[N+](C)(C)C. The van der Waals surface area contributed by atoms with Crippen LogP contribution in [0.4, 0.5) is 0 Å². The van der Waals surface area contributed by atoms with E-state index in [4.69, 9.17) is 18.5 Å². The Bertz CT molecular complexity index is 985. The van der Waals surface area contributed by atoms with E-state index < -0.39 is 26.5 Å². The molecule has 0 aromatic heterocycles. The van der Waals surface area contributed by atoms with Crippen molar-refractivity contribution in [2.45, 2.75) is 232 Å². The van der Waals surface area contributed by atoms with Crippen LogP contribution in [0.15, 0.2) is 12.2 Å². The second-order valence-corrected chi connectivity index (χ2v) is 18.9. The number of carbonyl (C=O) groups is 2. The highest BCUT2D eigenvalue weighted by atomic mass is 31.2. The molecule has 0 aliphatic carbocycles. The summed E-state index contributed by atoms with van der Waals surface area (Å²) in [4.78, 5) is 37.6. The van der Waals surface area contributed by atoms with Gasteiger partial charge in [0, 0.05) is 12.8 Å². The van der Waals surface area contributed by atoms with Crippen molar-refractivity contribution < 1.29 is 42.1 Å². The summed E-state index contributed by atoms with van der Waals surface area (Å²) in [6.45, 7) is 4.25. The molecule has 338 valence electrons. The van der Waals surface area contributed by atoms with Gasteiger partial charge in [0.25, 0.3) is 7.82 Å². The number of likely N-dealkylation sites (N-methyl/N-ethyl adjacent to an activating group) is 1. The number of quaternary nitrogens is 1. The molecule has 0 radical (unpaired) electrons. The van der Waals surface area contributed by atoms with Crippen LogP contribution in [-0.4, -0.2) is 70.0 Å². The summed E-state index contributed by atoms with van der Waals surface area (Å²) in [5.41, 5.74) is 0. The fourth-order valence-electron chi connectivity index (χ4n) is 6.77. The molecule has 2 atom stereocenters.